The standard InChI is InChI=1S/C24H21BrN2O5/c1-16-7-3-6-10-20(16)31-15-23(28)27-26-14-17-11-12-21(22(13-17)30-2)32-24(29)18-8-4-5-9-19(18)25/h3-14H,15H2,1-2H3,(H,27,28)/b26-14-. The second kappa shape index (κ2) is 11.1. The summed E-state index contributed by atoms with van der Waals surface area (Å²) in [5.41, 5.74) is 4.39. The Bertz CT molecular complexity index is 1150. The molecule has 0 fully saturated rings. The van der Waals surface area contributed by atoms with Gasteiger partial charge in [-0.25, -0.2) is 10.2 Å². The highest BCUT2D eigenvalue weighted by Crippen LogP contribution is 2.29. The van der Waals surface area contributed by atoms with Gasteiger partial charge in [0.1, 0.15) is 5.75 Å². The predicted octanol–water partition coefficient (Wildman–Crippen LogP) is 4.51. The van der Waals surface area contributed by atoms with E-state index in [-0.39, 0.29) is 12.4 Å². The van der Waals surface area contributed by atoms with E-state index in [0.29, 0.717) is 27.1 Å². The summed E-state index contributed by atoms with van der Waals surface area (Å²) in [6.07, 6.45) is 1.45. The molecule has 1 amide bonds. The van der Waals surface area contributed by atoms with Crippen LogP contribution in [0.25, 0.3) is 0 Å². The van der Waals surface area contributed by atoms with Crippen LogP contribution in [0.15, 0.2) is 76.3 Å². The zero-order valence-corrected chi connectivity index (χ0v) is 19.1. The molecule has 0 spiro atoms. The monoisotopic (exact) mass is 496 g/mol. The number of hydrazone groups is 1. The van der Waals surface area contributed by atoms with Gasteiger partial charge in [-0.2, -0.15) is 5.10 Å². The van der Waals surface area contributed by atoms with E-state index in [2.05, 4.69) is 26.5 Å². The third-order valence-corrected chi connectivity index (χ3v) is 5.03. The molecule has 0 aliphatic heterocycles. The van der Waals surface area contributed by atoms with Crippen molar-refractivity contribution >= 4 is 34.0 Å². The lowest BCUT2D eigenvalue weighted by atomic mass is 10.2. The molecule has 32 heavy (non-hydrogen) atoms. The van der Waals surface area contributed by atoms with Gasteiger partial charge >= 0.3 is 5.97 Å². The maximum absolute atomic E-state index is 12.4. The number of nitrogens with zero attached hydrogens (tertiary/aromatic N) is 1. The lowest BCUT2D eigenvalue weighted by molar-refractivity contribution is -0.123. The van der Waals surface area contributed by atoms with E-state index in [0.717, 1.165) is 5.56 Å². The van der Waals surface area contributed by atoms with Gasteiger partial charge in [0.15, 0.2) is 18.1 Å². The number of para-hydroxylation sites is 1. The van der Waals surface area contributed by atoms with Crippen LogP contribution in [-0.4, -0.2) is 31.8 Å². The van der Waals surface area contributed by atoms with E-state index in [9.17, 15) is 9.59 Å². The zero-order valence-electron chi connectivity index (χ0n) is 17.5. The fourth-order valence-corrected chi connectivity index (χ4v) is 3.15. The van der Waals surface area contributed by atoms with Gasteiger partial charge in [-0.05, 0) is 70.4 Å². The lowest BCUT2D eigenvalue weighted by Gasteiger charge is -2.10. The van der Waals surface area contributed by atoms with Gasteiger partial charge < -0.3 is 14.2 Å². The third kappa shape index (κ3) is 6.18. The van der Waals surface area contributed by atoms with Crippen molar-refractivity contribution in [3.8, 4) is 17.2 Å². The number of esters is 1. The molecular formula is C24H21BrN2O5. The molecule has 3 aromatic rings. The summed E-state index contributed by atoms with van der Waals surface area (Å²) in [6, 6.07) is 19.3. The molecule has 164 valence electrons. The largest absolute Gasteiger partial charge is 0.493 e. The Labute approximate surface area is 194 Å². The summed E-state index contributed by atoms with van der Waals surface area (Å²) >= 11 is 3.33. The fraction of sp³-hybridized carbons (Fsp3) is 0.125. The Hall–Kier alpha value is -3.65. The Morgan fingerprint density at radius 2 is 1.75 bits per heavy atom. The average molecular weight is 497 g/mol. The quantitative estimate of drug-likeness (QED) is 0.214. The molecule has 0 unspecified atom stereocenters. The number of rotatable bonds is 8. The highest BCUT2D eigenvalue weighted by molar-refractivity contribution is 9.10. The SMILES string of the molecule is COc1cc(/C=N\NC(=O)COc2ccccc2C)ccc1OC(=O)c1ccccc1Br. The second-order valence-corrected chi connectivity index (χ2v) is 7.48. The number of amides is 1. The Morgan fingerprint density at radius 3 is 2.50 bits per heavy atom. The molecular weight excluding hydrogens is 476 g/mol. The number of halogens is 1. The maximum atomic E-state index is 12.4. The average Bonchev–Trinajstić information content (AvgIpc) is 2.79. The van der Waals surface area contributed by atoms with E-state index < -0.39 is 11.9 Å². The summed E-state index contributed by atoms with van der Waals surface area (Å²) in [6.45, 7) is 1.74. The van der Waals surface area contributed by atoms with Gasteiger partial charge in [-0.1, -0.05) is 30.3 Å². The van der Waals surface area contributed by atoms with Crippen molar-refractivity contribution in [2.24, 2.45) is 5.10 Å². The van der Waals surface area contributed by atoms with Crippen LogP contribution >= 0.6 is 15.9 Å². The number of carbonyl (C=O) groups excluding carboxylic acids is 2. The van der Waals surface area contributed by atoms with Crippen molar-refractivity contribution in [3.63, 3.8) is 0 Å². The number of methoxy groups -OCH3 is 1. The molecule has 3 aromatic carbocycles. The van der Waals surface area contributed by atoms with Crippen molar-refractivity contribution in [1.82, 2.24) is 5.43 Å². The molecule has 0 saturated carbocycles. The number of benzene rings is 3. The summed E-state index contributed by atoms with van der Waals surface area (Å²) in [4.78, 5) is 24.4. The first-order valence-corrected chi connectivity index (χ1v) is 10.4. The zero-order chi connectivity index (χ0) is 22.9. The molecule has 8 heteroatoms. The van der Waals surface area contributed by atoms with Crippen LogP contribution in [0, 0.1) is 6.92 Å². The first kappa shape index (κ1) is 23.0. The van der Waals surface area contributed by atoms with Crippen LogP contribution in [0.1, 0.15) is 21.5 Å². The first-order valence-electron chi connectivity index (χ1n) is 9.63. The summed E-state index contributed by atoms with van der Waals surface area (Å²) < 4.78 is 16.9. The predicted molar refractivity (Wildman–Crippen MR) is 125 cm³/mol. The Morgan fingerprint density at radius 1 is 1.00 bits per heavy atom. The maximum Gasteiger partial charge on any atom is 0.344 e. The molecule has 0 saturated heterocycles. The van der Waals surface area contributed by atoms with Crippen molar-refractivity contribution in [2.75, 3.05) is 13.7 Å². The molecule has 0 bridgehead atoms. The van der Waals surface area contributed by atoms with E-state index in [1.54, 1.807) is 42.5 Å². The number of aryl methyl sites for hydroxylation is 1. The van der Waals surface area contributed by atoms with E-state index in [1.165, 1.54) is 13.3 Å². The topological polar surface area (TPSA) is 86.2 Å². The summed E-state index contributed by atoms with van der Waals surface area (Å²) in [7, 11) is 1.47. The van der Waals surface area contributed by atoms with Crippen molar-refractivity contribution in [1.29, 1.82) is 0 Å². The molecule has 3 rings (SSSR count). The molecule has 0 aliphatic rings. The summed E-state index contributed by atoms with van der Waals surface area (Å²) in [5.74, 6) is 0.349. The van der Waals surface area contributed by atoms with Gasteiger partial charge in [0.05, 0.1) is 18.9 Å². The van der Waals surface area contributed by atoms with Crippen LogP contribution in [0.4, 0.5) is 0 Å². The fourth-order valence-electron chi connectivity index (χ4n) is 2.70. The number of hydrogen-bond acceptors (Lipinski definition) is 6. The van der Waals surface area contributed by atoms with Crippen LogP contribution in [0.3, 0.4) is 0 Å². The molecule has 7 nitrogen and oxygen atoms in total. The minimum Gasteiger partial charge on any atom is -0.493 e. The number of hydrogen-bond donors (Lipinski definition) is 1. The van der Waals surface area contributed by atoms with E-state index in [4.69, 9.17) is 14.2 Å². The minimum atomic E-state index is -0.516. The van der Waals surface area contributed by atoms with Crippen LogP contribution < -0.4 is 19.6 Å². The highest BCUT2D eigenvalue weighted by Gasteiger charge is 2.15. The number of ether oxygens (including phenoxy) is 3. The van der Waals surface area contributed by atoms with Crippen molar-refractivity contribution in [3.05, 3.63) is 87.9 Å². The van der Waals surface area contributed by atoms with Crippen molar-refractivity contribution in [2.45, 2.75) is 6.92 Å². The normalized spacial score (nSPS) is 10.6. The number of carbonyl (C=O) groups is 2. The lowest BCUT2D eigenvalue weighted by Crippen LogP contribution is -2.24. The smallest absolute Gasteiger partial charge is 0.344 e. The van der Waals surface area contributed by atoms with Crippen LogP contribution in [0.5, 0.6) is 17.2 Å². The molecule has 0 aliphatic carbocycles. The Balaban J connectivity index is 1.58. The molecule has 0 atom stereocenters. The molecule has 1 N–H and O–H groups in total. The van der Waals surface area contributed by atoms with E-state index in [1.807, 2.05) is 31.2 Å². The molecule has 0 radical (unpaired) electrons. The number of nitrogens with one attached hydrogen (secondary N) is 1. The first-order chi connectivity index (χ1) is 15.5. The van der Waals surface area contributed by atoms with Crippen LogP contribution in [-0.2, 0) is 4.79 Å². The second-order valence-electron chi connectivity index (χ2n) is 6.63. The van der Waals surface area contributed by atoms with Gasteiger partial charge in [0, 0.05) is 4.47 Å². The van der Waals surface area contributed by atoms with Gasteiger partial charge in [0.25, 0.3) is 5.91 Å². The highest BCUT2D eigenvalue weighted by atomic mass is 79.9. The molecule has 0 aromatic heterocycles. The van der Waals surface area contributed by atoms with Gasteiger partial charge in [-0.15, -0.1) is 0 Å². The van der Waals surface area contributed by atoms with Gasteiger partial charge in [-0.3, -0.25) is 4.79 Å². The minimum absolute atomic E-state index is 0.157. The summed E-state index contributed by atoms with van der Waals surface area (Å²) in [5, 5.41) is 3.93. The van der Waals surface area contributed by atoms with Crippen molar-refractivity contribution < 1.29 is 23.8 Å². The third-order valence-electron chi connectivity index (χ3n) is 4.34. The van der Waals surface area contributed by atoms with Gasteiger partial charge in [0.2, 0.25) is 0 Å². The Kier molecular flexibility index (Phi) is 7.99. The molecule has 0 heterocycles. The van der Waals surface area contributed by atoms with E-state index >= 15 is 0 Å². The van der Waals surface area contributed by atoms with Crippen LogP contribution in [0.2, 0.25) is 0 Å².